The van der Waals surface area contributed by atoms with Gasteiger partial charge in [0.15, 0.2) is 0 Å². The molecule has 0 saturated heterocycles. The summed E-state index contributed by atoms with van der Waals surface area (Å²) in [7, 11) is -3.57. The number of aryl methyl sites for hydroxylation is 2. The van der Waals surface area contributed by atoms with Crippen LogP contribution in [0.4, 0.5) is 5.69 Å². The Labute approximate surface area is 146 Å². The predicted molar refractivity (Wildman–Crippen MR) is 99.9 cm³/mol. The molecule has 1 atom stereocenters. The van der Waals surface area contributed by atoms with Gasteiger partial charge < -0.3 is 5.32 Å². The highest BCUT2D eigenvalue weighted by Crippen LogP contribution is 2.25. The fourth-order valence-electron chi connectivity index (χ4n) is 2.63. The normalized spacial score (nSPS) is 12.7. The van der Waals surface area contributed by atoms with Crippen LogP contribution in [0.15, 0.2) is 18.2 Å². The molecule has 24 heavy (non-hydrogen) atoms. The lowest BCUT2D eigenvalue weighted by atomic mass is 10.1. The van der Waals surface area contributed by atoms with Crippen molar-refractivity contribution in [3.8, 4) is 0 Å². The van der Waals surface area contributed by atoms with Crippen molar-refractivity contribution in [2.24, 2.45) is 0 Å². The number of nitrogens with one attached hydrogen (secondary N) is 1. The summed E-state index contributed by atoms with van der Waals surface area (Å²) in [6.45, 7) is 8.41. The summed E-state index contributed by atoms with van der Waals surface area (Å²) in [5, 5.41) is 2.87. The average Bonchev–Trinajstić information content (AvgIpc) is 2.50. The number of carbonyl (C=O) groups is 1. The Morgan fingerprint density at radius 2 is 1.83 bits per heavy atom. The Morgan fingerprint density at radius 3 is 2.33 bits per heavy atom. The SMILES string of the molecule is CCCCCNC(=O)[C@@H](CC)N(c1ccc(C)c(C)c1)S(C)(=O)=O. The van der Waals surface area contributed by atoms with Gasteiger partial charge in [-0.25, -0.2) is 8.42 Å². The zero-order chi connectivity index (χ0) is 18.3. The van der Waals surface area contributed by atoms with Gasteiger partial charge in [-0.1, -0.05) is 32.8 Å². The molecule has 0 saturated carbocycles. The fourth-order valence-corrected chi connectivity index (χ4v) is 3.83. The summed E-state index contributed by atoms with van der Waals surface area (Å²) >= 11 is 0. The van der Waals surface area contributed by atoms with E-state index in [1.54, 1.807) is 6.07 Å². The molecule has 1 aromatic carbocycles. The highest BCUT2D eigenvalue weighted by atomic mass is 32.2. The van der Waals surface area contributed by atoms with Crippen LogP contribution in [0, 0.1) is 13.8 Å². The first-order chi connectivity index (χ1) is 11.2. The van der Waals surface area contributed by atoms with Crippen molar-refractivity contribution in [3.05, 3.63) is 29.3 Å². The monoisotopic (exact) mass is 354 g/mol. The Kier molecular flexibility index (Phi) is 7.73. The molecule has 0 spiro atoms. The van der Waals surface area contributed by atoms with Gasteiger partial charge in [0.25, 0.3) is 0 Å². The number of anilines is 1. The number of hydrogen-bond acceptors (Lipinski definition) is 3. The summed E-state index contributed by atoms with van der Waals surface area (Å²) in [5.41, 5.74) is 2.62. The van der Waals surface area contributed by atoms with Crippen molar-refractivity contribution in [1.82, 2.24) is 5.32 Å². The molecule has 0 fully saturated rings. The first-order valence-electron chi connectivity index (χ1n) is 8.56. The second kappa shape index (κ2) is 9.06. The van der Waals surface area contributed by atoms with Crippen molar-refractivity contribution in [2.45, 2.75) is 59.4 Å². The van der Waals surface area contributed by atoms with E-state index in [4.69, 9.17) is 0 Å². The lowest BCUT2D eigenvalue weighted by molar-refractivity contribution is -0.122. The number of hydrogen-bond donors (Lipinski definition) is 1. The first-order valence-corrected chi connectivity index (χ1v) is 10.4. The van der Waals surface area contributed by atoms with E-state index in [2.05, 4.69) is 12.2 Å². The van der Waals surface area contributed by atoms with Gasteiger partial charge in [0.1, 0.15) is 6.04 Å². The Balaban J connectivity index is 3.08. The van der Waals surface area contributed by atoms with Crippen LogP contribution in [-0.4, -0.2) is 33.2 Å². The van der Waals surface area contributed by atoms with Crippen molar-refractivity contribution in [2.75, 3.05) is 17.1 Å². The smallest absolute Gasteiger partial charge is 0.243 e. The largest absolute Gasteiger partial charge is 0.354 e. The van der Waals surface area contributed by atoms with Gasteiger partial charge in [0, 0.05) is 6.54 Å². The van der Waals surface area contributed by atoms with Crippen LogP contribution in [0.1, 0.15) is 50.7 Å². The summed E-state index contributed by atoms with van der Waals surface area (Å²) in [6, 6.07) is 4.73. The van der Waals surface area contributed by atoms with Crippen LogP contribution in [0.3, 0.4) is 0 Å². The van der Waals surface area contributed by atoms with Gasteiger partial charge in [0.05, 0.1) is 11.9 Å². The summed E-state index contributed by atoms with van der Waals surface area (Å²) in [4.78, 5) is 12.5. The van der Waals surface area contributed by atoms with Crippen LogP contribution in [0.5, 0.6) is 0 Å². The summed E-state index contributed by atoms with van der Waals surface area (Å²) < 4.78 is 26.0. The number of unbranched alkanes of at least 4 members (excludes halogenated alkanes) is 2. The van der Waals surface area contributed by atoms with Crippen molar-refractivity contribution in [3.63, 3.8) is 0 Å². The van der Waals surface area contributed by atoms with Gasteiger partial charge in [-0.3, -0.25) is 9.10 Å². The molecule has 0 heterocycles. The average molecular weight is 355 g/mol. The van der Waals surface area contributed by atoms with Crippen molar-refractivity contribution < 1.29 is 13.2 Å². The molecule has 0 aliphatic carbocycles. The molecule has 1 aromatic rings. The molecule has 0 aliphatic heterocycles. The molecule has 0 bridgehead atoms. The summed E-state index contributed by atoms with van der Waals surface area (Å²) in [6.07, 6.45) is 4.59. The van der Waals surface area contributed by atoms with E-state index in [-0.39, 0.29) is 5.91 Å². The fraction of sp³-hybridized carbons (Fsp3) is 0.611. The van der Waals surface area contributed by atoms with E-state index in [0.29, 0.717) is 18.7 Å². The van der Waals surface area contributed by atoms with Gasteiger partial charge in [0.2, 0.25) is 15.9 Å². The molecule has 1 amide bonds. The summed E-state index contributed by atoms with van der Waals surface area (Å²) in [5.74, 6) is -0.239. The maximum atomic E-state index is 12.5. The molecular formula is C18H30N2O3S. The zero-order valence-electron chi connectivity index (χ0n) is 15.4. The Hall–Kier alpha value is -1.56. The second-order valence-corrected chi connectivity index (χ2v) is 8.11. The van der Waals surface area contributed by atoms with Gasteiger partial charge in [-0.2, -0.15) is 0 Å². The van der Waals surface area contributed by atoms with Crippen LogP contribution >= 0.6 is 0 Å². The highest BCUT2D eigenvalue weighted by Gasteiger charge is 2.31. The Bertz CT molecular complexity index is 656. The molecular weight excluding hydrogens is 324 g/mol. The molecule has 1 rings (SSSR count). The maximum absolute atomic E-state index is 12.5. The molecule has 1 N–H and O–H groups in total. The number of sulfonamides is 1. The second-order valence-electron chi connectivity index (χ2n) is 6.25. The molecule has 0 aromatic heterocycles. The number of nitrogens with zero attached hydrogens (tertiary/aromatic N) is 1. The third-order valence-electron chi connectivity index (χ3n) is 4.15. The van der Waals surface area contributed by atoms with Crippen LogP contribution < -0.4 is 9.62 Å². The highest BCUT2D eigenvalue weighted by molar-refractivity contribution is 7.92. The van der Waals surface area contributed by atoms with E-state index in [9.17, 15) is 13.2 Å². The number of rotatable bonds is 9. The van der Waals surface area contributed by atoms with Crippen LogP contribution in [0.25, 0.3) is 0 Å². The lowest BCUT2D eigenvalue weighted by Crippen LogP contribution is -2.49. The van der Waals surface area contributed by atoms with E-state index >= 15 is 0 Å². The minimum absolute atomic E-state index is 0.239. The van der Waals surface area contributed by atoms with E-state index in [1.165, 1.54) is 4.31 Å². The number of amides is 1. The number of carbonyl (C=O) groups excluding carboxylic acids is 1. The van der Waals surface area contributed by atoms with Gasteiger partial charge >= 0.3 is 0 Å². The van der Waals surface area contributed by atoms with Crippen molar-refractivity contribution in [1.29, 1.82) is 0 Å². The first kappa shape index (κ1) is 20.5. The minimum atomic E-state index is -3.57. The molecule has 6 heteroatoms. The van der Waals surface area contributed by atoms with Crippen LogP contribution in [0.2, 0.25) is 0 Å². The molecule has 0 radical (unpaired) electrons. The van der Waals surface area contributed by atoms with Crippen molar-refractivity contribution >= 4 is 21.6 Å². The van der Waals surface area contributed by atoms with E-state index in [1.807, 2.05) is 32.9 Å². The molecule has 0 aliphatic rings. The van der Waals surface area contributed by atoms with E-state index in [0.717, 1.165) is 36.6 Å². The lowest BCUT2D eigenvalue weighted by Gasteiger charge is -2.30. The third-order valence-corrected chi connectivity index (χ3v) is 5.33. The quantitative estimate of drug-likeness (QED) is 0.693. The van der Waals surface area contributed by atoms with E-state index < -0.39 is 16.1 Å². The van der Waals surface area contributed by atoms with Crippen LogP contribution in [-0.2, 0) is 14.8 Å². The maximum Gasteiger partial charge on any atom is 0.243 e. The molecule has 136 valence electrons. The van der Waals surface area contributed by atoms with Gasteiger partial charge in [-0.15, -0.1) is 0 Å². The Morgan fingerprint density at radius 1 is 1.17 bits per heavy atom. The number of benzene rings is 1. The molecule has 0 unspecified atom stereocenters. The van der Waals surface area contributed by atoms with Gasteiger partial charge in [-0.05, 0) is 49.9 Å². The zero-order valence-corrected chi connectivity index (χ0v) is 16.2. The minimum Gasteiger partial charge on any atom is -0.354 e. The standard InChI is InChI=1S/C18H30N2O3S/c1-6-8-9-12-19-18(21)17(7-2)20(24(5,22)23)16-11-10-14(3)15(4)13-16/h10-11,13,17H,6-9,12H2,1-5H3,(H,19,21)/t17-/m1/s1. The topological polar surface area (TPSA) is 66.5 Å². The predicted octanol–water partition coefficient (Wildman–Crippen LogP) is 3.15. The molecule has 5 nitrogen and oxygen atoms in total. The third kappa shape index (κ3) is 5.51.